The highest BCUT2D eigenvalue weighted by atomic mass is 16.2. The predicted molar refractivity (Wildman–Crippen MR) is 98.5 cm³/mol. The van der Waals surface area contributed by atoms with Gasteiger partial charge in [-0.3, -0.25) is 14.5 Å². The van der Waals surface area contributed by atoms with Crippen molar-refractivity contribution in [1.29, 1.82) is 0 Å². The molecule has 6 nitrogen and oxygen atoms in total. The monoisotopic (exact) mass is 357 g/mol. The fourth-order valence-electron chi connectivity index (χ4n) is 3.80. The second-order valence-electron chi connectivity index (χ2n) is 7.08. The summed E-state index contributed by atoms with van der Waals surface area (Å²) in [5, 5.41) is 2.64. The summed E-state index contributed by atoms with van der Waals surface area (Å²) in [5.74, 6) is -0.396. The van der Waals surface area contributed by atoms with Crippen LogP contribution in [0.2, 0.25) is 0 Å². The van der Waals surface area contributed by atoms with Crippen LogP contribution in [-0.2, 0) is 16.0 Å². The molecule has 2 fully saturated rings. The van der Waals surface area contributed by atoms with Crippen molar-refractivity contribution < 1.29 is 14.4 Å². The van der Waals surface area contributed by atoms with Crippen LogP contribution >= 0.6 is 0 Å². The van der Waals surface area contributed by atoms with Gasteiger partial charge in [-0.2, -0.15) is 0 Å². The number of benzene rings is 1. The molecule has 3 rings (SSSR count). The van der Waals surface area contributed by atoms with Gasteiger partial charge in [0.15, 0.2) is 0 Å². The van der Waals surface area contributed by atoms with Crippen LogP contribution < -0.4 is 5.32 Å². The van der Waals surface area contributed by atoms with Crippen molar-refractivity contribution in [3.05, 3.63) is 35.9 Å². The van der Waals surface area contributed by atoms with E-state index in [9.17, 15) is 14.4 Å². The summed E-state index contributed by atoms with van der Waals surface area (Å²) in [7, 11) is 0. The molecule has 26 heavy (non-hydrogen) atoms. The van der Waals surface area contributed by atoms with Crippen LogP contribution in [0.3, 0.4) is 0 Å². The van der Waals surface area contributed by atoms with E-state index in [1.165, 1.54) is 12.0 Å². The summed E-state index contributed by atoms with van der Waals surface area (Å²) < 4.78 is 0. The number of urea groups is 1. The summed E-state index contributed by atoms with van der Waals surface area (Å²) >= 11 is 0. The van der Waals surface area contributed by atoms with Crippen LogP contribution in [0.15, 0.2) is 30.3 Å². The van der Waals surface area contributed by atoms with E-state index in [0.717, 1.165) is 37.0 Å². The van der Waals surface area contributed by atoms with Crippen molar-refractivity contribution >= 4 is 17.8 Å². The first-order valence-electron chi connectivity index (χ1n) is 9.57. The number of rotatable bonds is 6. The Morgan fingerprint density at radius 3 is 2.54 bits per heavy atom. The van der Waals surface area contributed by atoms with Gasteiger partial charge in [-0.15, -0.1) is 0 Å². The van der Waals surface area contributed by atoms with Crippen molar-refractivity contribution in [3.63, 3.8) is 0 Å². The third kappa shape index (κ3) is 4.62. The standard InChI is InChI=1S/C20H27N3O3/c24-18-11-13-21-20(26)23(18)15-19(25)22(17-9-5-2-6-10-17)14-12-16-7-3-1-4-8-16/h1,3-4,7-8,17H,2,5-6,9-15H2,(H,21,26). The van der Waals surface area contributed by atoms with Crippen molar-refractivity contribution in [2.24, 2.45) is 0 Å². The molecule has 1 saturated carbocycles. The lowest BCUT2D eigenvalue weighted by Crippen LogP contribution is -2.55. The zero-order valence-electron chi connectivity index (χ0n) is 15.2. The molecule has 6 heteroatoms. The van der Waals surface area contributed by atoms with Gasteiger partial charge < -0.3 is 10.2 Å². The Morgan fingerprint density at radius 2 is 1.85 bits per heavy atom. The summed E-state index contributed by atoms with van der Waals surface area (Å²) in [5.41, 5.74) is 1.19. The Labute approximate surface area is 154 Å². The third-order valence-electron chi connectivity index (χ3n) is 5.27. The summed E-state index contributed by atoms with van der Waals surface area (Å²) in [6, 6.07) is 9.85. The molecular weight excluding hydrogens is 330 g/mol. The van der Waals surface area contributed by atoms with Crippen LogP contribution in [0.5, 0.6) is 0 Å². The van der Waals surface area contributed by atoms with Gasteiger partial charge in [-0.25, -0.2) is 4.79 Å². The SMILES string of the molecule is O=C1CCNC(=O)N1CC(=O)N(CCc1ccccc1)C1CCCCC1. The lowest BCUT2D eigenvalue weighted by atomic mass is 9.93. The van der Waals surface area contributed by atoms with Crippen LogP contribution in [0, 0.1) is 0 Å². The number of carbonyl (C=O) groups excluding carboxylic acids is 3. The summed E-state index contributed by atoms with van der Waals surface area (Å²) in [6.07, 6.45) is 6.51. The van der Waals surface area contributed by atoms with E-state index in [4.69, 9.17) is 0 Å². The first-order chi connectivity index (χ1) is 12.6. The Bertz CT molecular complexity index is 625. The first kappa shape index (κ1) is 18.4. The molecule has 1 saturated heterocycles. The minimum Gasteiger partial charge on any atom is -0.338 e. The molecule has 0 unspecified atom stereocenters. The van der Waals surface area contributed by atoms with Gasteiger partial charge in [0.1, 0.15) is 6.54 Å². The normalized spacial score (nSPS) is 18.5. The van der Waals surface area contributed by atoms with Crippen LogP contribution in [0.1, 0.15) is 44.1 Å². The fourth-order valence-corrected chi connectivity index (χ4v) is 3.80. The summed E-state index contributed by atoms with van der Waals surface area (Å²) in [4.78, 5) is 39.9. The maximum absolute atomic E-state index is 13.0. The molecule has 2 aliphatic rings. The molecule has 1 aromatic rings. The van der Waals surface area contributed by atoms with E-state index >= 15 is 0 Å². The molecule has 4 amide bonds. The maximum atomic E-state index is 13.0. The molecule has 0 radical (unpaired) electrons. The van der Waals surface area contributed by atoms with Crippen LogP contribution in [-0.4, -0.2) is 53.3 Å². The number of nitrogens with one attached hydrogen (secondary N) is 1. The van der Waals surface area contributed by atoms with Crippen molar-refractivity contribution in [2.75, 3.05) is 19.6 Å². The second-order valence-corrected chi connectivity index (χ2v) is 7.08. The number of carbonyl (C=O) groups is 3. The van der Waals surface area contributed by atoms with Gasteiger partial charge in [0, 0.05) is 25.6 Å². The smallest absolute Gasteiger partial charge is 0.324 e. The number of nitrogens with zero attached hydrogens (tertiary/aromatic N) is 2. The minimum atomic E-state index is -0.457. The van der Waals surface area contributed by atoms with E-state index in [1.54, 1.807) is 0 Å². The molecule has 1 aromatic carbocycles. The molecule has 1 heterocycles. The highest BCUT2D eigenvalue weighted by Gasteiger charge is 2.32. The lowest BCUT2D eigenvalue weighted by Gasteiger charge is -2.36. The van der Waals surface area contributed by atoms with Crippen LogP contribution in [0.4, 0.5) is 4.79 Å². The molecule has 0 aromatic heterocycles. The van der Waals surface area contributed by atoms with E-state index < -0.39 is 6.03 Å². The lowest BCUT2D eigenvalue weighted by molar-refractivity contribution is -0.140. The van der Waals surface area contributed by atoms with Gasteiger partial charge >= 0.3 is 6.03 Å². The number of hydrogen-bond acceptors (Lipinski definition) is 3. The Morgan fingerprint density at radius 1 is 1.12 bits per heavy atom. The Balaban J connectivity index is 1.67. The minimum absolute atomic E-state index is 0.127. The van der Waals surface area contributed by atoms with E-state index in [1.807, 2.05) is 23.1 Å². The Hall–Kier alpha value is -2.37. The van der Waals surface area contributed by atoms with Gasteiger partial charge in [0.2, 0.25) is 11.8 Å². The van der Waals surface area contributed by atoms with Gasteiger partial charge in [-0.05, 0) is 24.8 Å². The largest absolute Gasteiger partial charge is 0.338 e. The molecule has 1 aliphatic heterocycles. The Kier molecular flexibility index (Phi) is 6.26. The predicted octanol–water partition coefficient (Wildman–Crippen LogP) is 2.33. The average Bonchev–Trinajstić information content (AvgIpc) is 2.67. The highest BCUT2D eigenvalue weighted by Crippen LogP contribution is 2.23. The number of amides is 4. The van der Waals surface area contributed by atoms with Crippen molar-refractivity contribution in [3.8, 4) is 0 Å². The second kappa shape index (κ2) is 8.83. The first-order valence-corrected chi connectivity index (χ1v) is 9.57. The molecule has 1 aliphatic carbocycles. The highest BCUT2D eigenvalue weighted by molar-refractivity contribution is 6.00. The van der Waals surface area contributed by atoms with Gasteiger partial charge in [0.25, 0.3) is 0 Å². The molecular formula is C20H27N3O3. The zero-order valence-corrected chi connectivity index (χ0v) is 15.2. The van der Waals surface area contributed by atoms with Crippen molar-refractivity contribution in [1.82, 2.24) is 15.1 Å². The number of imide groups is 1. The summed E-state index contributed by atoms with van der Waals surface area (Å²) in [6.45, 7) is 0.815. The van der Waals surface area contributed by atoms with E-state index in [0.29, 0.717) is 13.1 Å². The molecule has 1 N–H and O–H groups in total. The van der Waals surface area contributed by atoms with Gasteiger partial charge in [0.05, 0.1) is 0 Å². The maximum Gasteiger partial charge on any atom is 0.324 e. The third-order valence-corrected chi connectivity index (χ3v) is 5.27. The molecule has 0 bridgehead atoms. The van der Waals surface area contributed by atoms with Gasteiger partial charge in [-0.1, -0.05) is 49.6 Å². The fraction of sp³-hybridized carbons (Fsp3) is 0.550. The molecule has 0 atom stereocenters. The van der Waals surface area contributed by atoms with E-state index in [2.05, 4.69) is 17.4 Å². The average molecular weight is 357 g/mol. The zero-order chi connectivity index (χ0) is 18.4. The molecule has 0 spiro atoms. The number of hydrogen-bond donors (Lipinski definition) is 1. The topological polar surface area (TPSA) is 69.7 Å². The quantitative estimate of drug-likeness (QED) is 0.849. The van der Waals surface area contributed by atoms with E-state index in [-0.39, 0.29) is 30.8 Å². The molecule has 140 valence electrons. The van der Waals surface area contributed by atoms with Crippen LogP contribution in [0.25, 0.3) is 0 Å². The van der Waals surface area contributed by atoms with Crippen molar-refractivity contribution in [2.45, 2.75) is 51.0 Å².